The van der Waals surface area contributed by atoms with Crippen molar-refractivity contribution in [2.75, 3.05) is 5.73 Å². The van der Waals surface area contributed by atoms with E-state index in [2.05, 4.69) is 10.2 Å². The number of aliphatic hydroxyl groups excluding tert-OH is 1. The average molecular weight is 253 g/mol. The Morgan fingerprint density at radius 3 is 2.44 bits per heavy atom. The van der Waals surface area contributed by atoms with Gasteiger partial charge in [0.1, 0.15) is 0 Å². The molecule has 3 N–H and O–H groups in total. The number of nitrogens with two attached hydrogens (primary N) is 1. The van der Waals surface area contributed by atoms with Crippen LogP contribution in [-0.2, 0) is 12.4 Å². The van der Waals surface area contributed by atoms with Crippen molar-refractivity contribution in [2.24, 2.45) is 0 Å². The number of benzene rings is 1. The van der Waals surface area contributed by atoms with Gasteiger partial charge in [-0.05, 0) is 11.1 Å². The molecule has 0 bridgehead atoms. The van der Waals surface area contributed by atoms with Gasteiger partial charge < -0.3 is 10.8 Å². The largest absolute Gasteiger partial charge is 0.392 e. The third kappa shape index (κ3) is 2.94. The third-order valence-electron chi connectivity index (χ3n) is 1.99. The molecule has 4 nitrogen and oxygen atoms in total. The third-order valence-corrected chi connectivity index (χ3v) is 3.95. The lowest BCUT2D eigenvalue weighted by Crippen LogP contribution is -1.85. The van der Waals surface area contributed by atoms with E-state index in [0.29, 0.717) is 5.13 Å². The molecular weight excluding hydrogens is 242 g/mol. The normalized spacial score (nSPS) is 10.6. The standard InChI is InChI=1S/C10H11N3OS2/c11-9-12-13-10(16-9)15-6-8-3-1-7(5-14)2-4-8/h1-4,14H,5-6H2,(H2,11,12). The van der Waals surface area contributed by atoms with Crippen LogP contribution in [0.5, 0.6) is 0 Å². The number of nitrogen functional groups attached to an aromatic ring is 1. The van der Waals surface area contributed by atoms with Crippen molar-refractivity contribution >= 4 is 28.2 Å². The maximum absolute atomic E-state index is 8.90. The Kier molecular flexibility index (Phi) is 3.76. The molecule has 0 radical (unpaired) electrons. The van der Waals surface area contributed by atoms with Gasteiger partial charge in [-0.15, -0.1) is 10.2 Å². The molecule has 1 aromatic carbocycles. The zero-order valence-corrected chi connectivity index (χ0v) is 10.1. The van der Waals surface area contributed by atoms with Gasteiger partial charge >= 0.3 is 0 Å². The van der Waals surface area contributed by atoms with Crippen molar-refractivity contribution in [3.05, 3.63) is 35.4 Å². The van der Waals surface area contributed by atoms with Crippen LogP contribution in [0, 0.1) is 0 Å². The van der Waals surface area contributed by atoms with Gasteiger partial charge in [-0.2, -0.15) is 0 Å². The number of hydrogen-bond donors (Lipinski definition) is 2. The summed E-state index contributed by atoms with van der Waals surface area (Å²) in [5.74, 6) is 0.834. The van der Waals surface area contributed by atoms with Crippen LogP contribution in [0.15, 0.2) is 28.6 Å². The quantitative estimate of drug-likeness (QED) is 0.814. The second-order valence-corrected chi connectivity index (χ2v) is 5.40. The van der Waals surface area contributed by atoms with Crippen molar-refractivity contribution in [1.82, 2.24) is 10.2 Å². The zero-order chi connectivity index (χ0) is 11.4. The average Bonchev–Trinajstić information content (AvgIpc) is 2.73. The van der Waals surface area contributed by atoms with E-state index >= 15 is 0 Å². The summed E-state index contributed by atoms with van der Waals surface area (Å²) in [7, 11) is 0. The summed E-state index contributed by atoms with van der Waals surface area (Å²) in [4.78, 5) is 0. The van der Waals surface area contributed by atoms with Gasteiger partial charge in [0.15, 0.2) is 4.34 Å². The molecule has 84 valence electrons. The van der Waals surface area contributed by atoms with E-state index in [1.807, 2.05) is 24.3 Å². The van der Waals surface area contributed by atoms with E-state index in [0.717, 1.165) is 15.7 Å². The van der Waals surface area contributed by atoms with E-state index in [4.69, 9.17) is 10.8 Å². The van der Waals surface area contributed by atoms with Crippen LogP contribution in [0.2, 0.25) is 0 Å². The molecule has 16 heavy (non-hydrogen) atoms. The predicted molar refractivity (Wildman–Crippen MR) is 66.2 cm³/mol. The fourth-order valence-electron chi connectivity index (χ4n) is 1.16. The van der Waals surface area contributed by atoms with Crippen molar-refractivity contribution in [3.8, 4) is 0 Å². The summed E-state index contributed by atoms with van der Waals surface area (Å²) < 4.78 is 0.878. The first-order chi connectivity index (χ1) is 7.78. The van der Waals surface area contributed by atoms with Crippen LogP contribution in [0.25, 0.3) is 0 Å². The molecule has 0 spiro atoms. The second kappa shape index (κ2) is 5.29. The molecule has 0 saturated carbocycles. The summed E-state index contributed by atoms with van der Waals surface area (Å²) in [5.41, 5.74) is 7.60. The highest BCUT2D eigenvalue weighted by Crippen LogP contribution is 2.26. The highest BCUT2D eigenvalue weighted by Gasteiger charge is 2.02. The molecule has 0 saturated heterocycles. The Bertz CT molecular complexity index is 455. The molecule has 0 amide bonds. The van der Waals surface area contributed by atoms with Crippen molar-refractivity contribution in [3.63, 3.8) is 0 Å². The first-order valence-electron chi connectivity index (χ1n) is 4.68. The maximum atomic E-state index is 8.90. The van der Waals surface area contributed by atoms with E-state index in [9.17, 15) is 0 Å². The zero-order valence-electron chi connectivity index (χ0n) is 8.46. The smallest absolute Gasteiger partial charge is 0.203 e. The second-order valence-electron chi connectivity index (χ2n) is 3.17. The first-order valence-corrected chi connectivity index (χ1v) is 6.48. The Morgan fingerprint density at radius 2 is 1.88 bits per heavy atom. The summed E-state index contributed by atoms with van der Waals surface area (Å²) in [5, 5.41) is 17.1. The Balaban J connectivity index is 1.94. The summed E-state index contributed by atoms with van der Waals surface area (Å²) in [6, 6.07) is 7.85. The fourth-order valence-corrected chi connectivity index (χ4v) is 2.76. The van der Waals surface area contributed by atoms with E-state index in [1.165, 1.54) is 16.9 Å². The maximum Gasteiger partial charge on any atom is 0.203 e. The first kappa shape index (κ1) is 11.4. The number of hydrogen-bond acceptors (Lipinski definition) is 6. The van der Waals surface area contributed by atoms with Crippen LogP contribution < -0.4 is 5.73 Å². The molecule has 0 aliphatic carbocycles. The number of thioether (sulfide) groups is 1. The van der Waals surface area contributed by atoms with Gasteiger partial charge in [0.25, 0.3) is 0 Å². The van der Waals surface area contributed by atoms with Crippen LogP contribution in [0.4, 0.5) is 5.13 Å². The molecule has 0 aliphatic rings. The lowest BCUT2D eigenvalue weighted by atomic mass is 10.2. The van der Waals surface area contributed by atoms with E-state index in [1.54, 1.807) is 11.8 Å². The number of rotatable bonds is 4. The lowest BCUT2D eigenvalue weighted by molar-refractivity contribution is 0.282. The summed E-state index contributed by atoms with van der Waals surface area (Å²) >= 11 is 3.00. The molecule has 0 fully saturated rings. The molecule has 0 aliphatic heterocycles. The lowest BCUT2D eigenvalue weighted by Gasteiger charge is -2.00. The van der Waals surface area contributed by atoms with Crippen molar-refractivity contribution < 1.29 is 5.11 Å². The van der Waals surface area contributed by atoms with Gasteiger partial charge in [0.05, 0.1) is 6.61 Å². The van der Waals surface area contributed by atoms with Crippen LogP contribution in [0.3, 0.4) is 0 Å². The molecule has 2 aromatic rings. The Morgan fingerprint density at radius 1 is 1.19 bits per heavy atom. The minimum absolute atomic E-state index is 0.0837. The fraction of sp³-hybridized carbons (Fsp3) is 0.200. The topological polar surface area (TPSA) is 72.0 Å². The number of anilines is 1. The van der Waals surface area contributed by atoms with Crippen molar-refractivity contribution in [2.45, 2.75) is 16.7 Å². The number of nitrogens with zero attached hydrogens (tertiary/aromatic N) is 2. The Hall–Kier alpha value is -1.11. The van der Waals surface area contributed by atoms with Crippen molar-refractivity contribution in [1.29, 1.82) is 0 Å². The molecular formula is C10H11N3OS2. The Labute approximate surface area is 102 Å². The monoisotopic (exact) mass is 253 g/mol. The molecule has 6 heteroatoms. The summed E-state index contributed by atoms with van der Waals surface area (Å²) in [6.07, 6.45) is 0. The highest BCUT2D eigenvalue weighted by atomic mass is 32.2. The number of aromatic nitrogens is 2. The number of aliphatic hydroxyl groups is 1. The van der Waals surface area contributed by atoms with E-state index in [-0.39, 0.29) is 6.61 Å². The summed E-state index contributed by atoms with van der Waals surface area (Å²) in [6.45, 7) is 0.0837. The molecule has 1 aromatic heterocycles. The minimum atomic E-state index is 0.0837. The van der Waals surface area contributed by atoms with Gasteiger partial charge in [-0.25, -0.2) is 0 Å². The SMILES string of the molecule is Nc1nnc(SCc2ccc(CO)cc2)s1. The van der Waals surface area contributed by atoms with Crippen LogP contribution in [0.1, 0.15) is 11.1 Å². The van der Waals surface area contributed by atoms with Crippen LogP contribution in [-0.4, -0.2) is 15.3 Å². The van der Waals surface area contributed by atoms with E-state index < -0.39 is 0 Å². The highest BCUT2D eigenvalue weighted by molar-refractivity contribution is 8.00. The minimum Gasteiger partial charge on any atom is -0.392 e. The predicted octanol–water partition coefficient (Wildman–Crippen LogP) is 1.90. The van der Waals surface area contributed by atoms with Gasteiger partial charge in [-0.3, -0.25) is 0 Å². The molecule has 0 unspecified atom stereocenters. The van der Waals surface area contributed by atoms with Gasteiger partial charge in [0.2, 0.25) is 5.13 Å². The van der Waals surface area contributed by atoms with Crippen LogP contribution >= 0.6 is 23.1 Å². The molecule has 0 atom stereocenters. The molecule has 2 rings (SSSR count). The molecule has 1 heterocycles. The van der Waals surface area contributed by atoms with Gasteiger partial charge in [0, 0.05) is 5.75 Å². The van der Waals surface area contributed by atoms with Gasteiger partial charge in [-0.1, -0.05) is 47.4 Å².